The van der Waals surface area contributed by atoms with Gasteiger partial charge in [-0.3, -0.25) is 4.79 Å². The summed E-state index contributed by atoms with van der Waals surface area (Å²) in [7, 11) is 0. The average molecular weight is 180 g/mol. The van der Waals surface area contributed by atoms with E-state index in [-0.39, 0.29) is 6.42 Å². The van der Waals surface area contributed by atoms with Crippen molar-refractivity contribution in [3.63, 3.8) is 0 Å². The van der Waals surface area contributed by atoms with Crippen molar-refractivity contribution < 1.29 is 9.90 Å². The maximum atomic E-state index is 10.2. The van der Waals surface area contributed by atoms with Gasteiger partial charge in [-0.05, 0) is 24.5 Å². The minimum absolute atomic E-state index is 0.175. The molecule has 0 unspecified atom stereocenters. The van der Waals surface area contributed by atoms with Crippen LogP contribution in [0.2, 0.25) is 0 Å². The van der Waals surface area contributed by atoms with Crippen LogP contribution in [0.1, 0.15) is 18.4 Å². The summed E-state index contributed by atoms with van der Waals surface area (Å²) in [4.78, 5) is 14.1. The van der Waals surface area contributed by atoms with E-state index in [1.54, 1.807) is 12.3 Å². The number of hydrogen-bond donors (Lipinski definition) is 2. The van der Waals surface area contributed by atoms with E-state index in [2.05, 4.69) is 4.98 Å². The molecule has 70 valence electrons. The Kier molecular flexibility index (Phi) is 3.25. The summed E-state index contributed by atoms with van der Waals surface area (Å²) in [5.41, 5.74) is 6.50. The van der Waals surface area contributed by atoms with Gasteiger partial charge in [0, 0.05) is 12.6 Å². The highest BCUT2D eigenvalue weighted by Crippen LogP contribution is 2.10. The van der Waals surface area contributed by atoms with Crippen molar-refractivity contribution in [3.8, 4) is 0 Å². The standard InChI is InChI=1S/C9H12N2O2/c10-9-7(4-2-6-11-9)3-1-5-8(12)13/h2,4,6H,1,3,5H2,(H2,10,11)(H,12,13). The van der Waals surface area contributed by atoms with Gasteiger partial charge in [0.25, 0.3) is 0 Å². The van der Waals surface area contributed by atoms with Gasteiger partial charge in [0.05, 0.1) is 0 Å². The topological polar surface area (TPSA) is 76.2 Å². The number of anilines is 1. The predicted octanol–water partition coefficient (Wildman–Crippen LogP) is 1.07. The molecule has 0 fully saturated rings. The molecule has 4 nitrogen and oxygen atoms in total. The van der Waals surface area contributed by atoms with E-state index < -0.39 is 5.97 Å². The van der Waals surface area contributed by atoms with Gasteiger partial charge in [-0.25, -0.2) is 4.98 Å². The van der Waals surface area contributed by atoms with Gasteiger partial charge in [0.1, 0.15) is 5.82 Å². The Morgan fingerprint density at radius 2 is 2.38 bits per heavy atom. The van der Waals surface area contributed by atoms with Crippen LogP contribution in [-0.2, 0) is 11.2 Å². The van der Waals surface area contributed by atoms with Crippen LogP contribution in [-0.4, -0.2) is 16.1 Å². The maximum Gasteiger partial charge on any atom is 0.303 e. The molecule has 1 rings (SSSR count). The first-order chi connectivity index (χ1) is 6.20. The third kappa shape index (κ3) is 3.11. The molecular formula is C9H12N2O2. The number of aromatic nitrogens is 1. The molecule has 13 heavy (non-hydrogen) atoms. The minimum Gasteiger partial charge on any atom is -0.481 e. The lowest BCUT2D eigenvalue weighted by Gasteiger charge is -2.01. The van der Waals surface area contributed by atoms with Gasteiger partial charge >= 0.3 is 5.97 Å². The van der Waals surface area contributed by atoms with Crippen LogP contribution in [0.15, 0.2) is 18.3 Å². The van der Waals surface area contributed by atoms with Crippen LogP contribution in [0.25, 0.3) is 0 Å². The second-order valence-corrected chi connectivity index (χ2v) is 2.80. The van der Waals surface area contributed by atoms with E-state index in [9.17, 15) is 4.79 Å². The molecule has 3 N–H and O–H groups in total. The summed E-state index contributed by atoms with van der Waals surface area (Å²) in [5, 5.41) is 8.41. The highest BCUT2D eigenvalue weighted by Gasteiger charge is 2.01. The normalized spacial score (nSPS) is 9.85. The molecule has 0 atom stereocenters. The van der Waals surface area contributed by atoms with Crippen molar-refractivity contribution in [1.82, 2.24) is 4.98 Å². The van der Waals surface area contributed by atoms with Gasteiger partial charge in [0.15, 0.2) is 0 Å². The summed E-state index contributed by atoms with van der Waals surface area (Å²) in [6, 6.07) is 3.66. The van der Waals surface area contributed by atoms with Crippen LogP contribution in [0.3, 0.4) is 0 Å². The van der Waals surface area contributed by atoms with E-state index in [0.717, 1.165) is 5.56 Å². The Morgan fingerprint density at radius 3 is 3.00 bits per heavy atom. The molecule has 0 spiro atoms. The highest BCUT2D eigenvalue weighted by molar-refractivity contribution is 5.66. The SMILES string of the molecule is Nc1ncccc1CCCC(=O)O. The fourth-order valence-electron chi connectivity index (χ4n) is 1.09. The molecule has 4 heteroatoms. The molecule has 0 saturated carbocycles. The van der Waals surface area contributed by atoms with Crippen LogP contribution in [0.4, 0.5) is 5.82 Å². The first-order valence-electron chi connectivity index (χ1n) is 4.11. The molecule has 1 aromatic heterocycles. The van der Waals surface area contributed by atoms with Crippen LogP contribution >= 0.6 is 0 Å². The molecular weight excluding hydrogens is 168 g/mol. The zero-order valence-corrected chi connectivity index (χ0v) is 7.23. The summed E-state index contributed by atoms with van der Waals surface area (Å²) in [6.45, 7) is 0. The molecule has 0 aromatic carbocycles. The van der Waals surface area contributed by atoms with Crippen molar-refractivity contribution in [2.75, 3.05) is 5.73 Å². The molecule has 0 aliphatic heterocycles. The summed E-state index contributed by atoms with van der Waals surface area (Å²) in [6.07, 6.45) is 3.07. The summed E-state index contributed by atoms with van der Waals surface area (Å²) < 4.78 is 0. The Labute approximate surface area is 76.4 Å². The first kappa shape index (κ1) is 9.51. The fourth-order valence-corrected chi connectivity index (χ4v) is 1.09. The Hall–Kier alpha value is -1.58. The fraction of sp³-hybridized carbons (Fsp3) is 0.333. The van der Waals surface area contributed by atoms with Gasteiger partial charge in [-0.2, -0.15) is 0 Å². The van der Waals surface area contributed by atoms with Crippen molar-refractivity contribution in [3.05, 3.63) is 23.9 Å². The number of carbonyl (C=O) groups is 1. The van der Waals surface area contributed by atoms with E-state index in [4.69, 9.17) is 10.8 Å². The van der Waals surface area contributed by atoms with Gasteiger partial charge in [0.2, 0.25) is 0 Å². The third-order valence-electron chi connectivity index (χ3n) is 1.76. The van der Waals surface area contributed by atoms with Gasteiger partial charge < -0.3 is 10.8 Å². The van der Waals surface area contributed by atoms with Crippen LogP contribution in [0.5, 0.6) is 0 Å². The van der Waals surface area contributed by atoms with Crippen LogP contribution < -0.4 is 5.73 Å². The molecule has 0 amide bonds. The zero-order chi connectivity index (χ0) is 9.68. The van der Waals surface area contributed by atoms with Gasteiger partial charge in [-0.15, -0.1) is 0 Å². The van der Waals surface area contributed by atoms with Crippen molar-refractivity contribution in [2.24, 2.45) is 0 Å². The largest absolute Gasteiger partial charge is 0.481 e. The molecule has 0 radical (unpaired) electrons. The number of pyridine rings is 1. The lowest BCUT2D eigenvalue weighted by Crippen LogP contribution is -1.99. The van der Waals surface area contributed by atoms with Crippen LogP contribution in [0, 0.1) is 0 Å². The lowest BCUT2D eigenvalue weighted by molar-refractivity contribution is -0.137. The summed E-state index contributed by atoms with van der Waals surface area (Å²) in [5.74, 6) is -0.282. The minimum atomic E-state index is -0.775. The number of aryl methyl sites for hydroxylation is 1. The second-order valence-electron chi connectivity index (χ2n) is 2.80. The number of hydrogen-bond acceptors (Lipinski definition) is 3. The molecule has 0 bridgehead atoms. The highest BCUT2D eigenvalue weighted by atomic mass is 16.4. The van der Waals surface area contributed by atoms with E-state index in [0.29, 0.717) is 18.7 Å². The molecule has 0 aliphatic carbocycles. The van der Waals surface area contributed by atoms with E-state index in [1.807, 2.05) is 6.07 Å². The maximum absolute atomic E-state index is 10.2. The Balaban J connectivity index is 2.45. The second kappa shape index (κ2) is 4.45. The average Bonchev–Trinajstić information content (AvgIpc) is 2.08. The molecule has 1 heterocycles. The van der Waals surface area contributed by atoms with E-state index in [1.165, 1.54) is 0 Å². The van der Waals surface area contributed by atoms with Crippen molar-refractivity contribution >= 4 is 11.8 Å². The molecule has 0 aliphatic rings. The number of aliphatic carboxylic acids is 1. The number of nitrogens with two attached hydrogens (primary N) is 1. The molecule has 1 aromatic rings. The quantitative estimate of drug-likeness (QED) is 0.726. The van der Waals surface area contributed by atoms with E-state index >= 15 is 0 Å². The smallest absolute Gasteiger partial charge is 0.303 e. The molecule has 0 saturated heterocycles. The number of carboxylic acid groups (broad SMARTS) is 1. The van der Waals surface area contributed by atoms with Gasteiger partial charge in [-0.1, -0.05) is 6.07 Å². The zero-order valence-electron chi connectivity index (χ0n) is 7.23. The first-order valence-corrected chi connectivity index (χ1v) is 4.11. The number of nitrogen functional groups attached to an aromatic ring is 1. The predicted molar refractivity (Wildman–Crippen MR) is 49.2 cm³/mol. The third-order valence-corrected chi connectivity index (χ3v) is 1.76. The number of nitrogens with zero attached hydrogens (tertiary/aromatic N) is 1. The van der Waals surface area contributed by atoms with Crippen molar-refractivity contribution in [1.29, 1.82) is 0 Å². The Morgan fingerprint density at radius 1 is 1.62 bits per heavy atom. The summed E-state index contributed by atoms with van der Waals surface area (Å²) >= 11 is 0. The Bertz CT molecular complexity index is 299. The van der Waals surface area contributed by atoms with Crippen molar-refractivity contribution in [2.45, 2.75) is 19.3 Å². The number of carboxylic acids is 1. The number of rotatable bonds is 4. The monoisotopic (exact) mass is 180 g/mol. The lowest BCUT2D eigenvalue weighted by atomic mass is 10.1.